The molecule has 5 rings (SSSR count). The molecule has 0 radical (unpaired) electrons. The Morgan fingerprint density at radius 1 is 1.19 bits per heavy atom. The number of nitrogen functional groups attached to an aromatic ring is 1. The third-order valence-electron chi connectivity index (χ3n) is 5.14. The first-order chi connectivity index (χ1) is 15.6. The molecule has 4 aromatic heterocycles. The molecule has 160 valence electrons. The van der Waals surface area contributed by atoms with Gasteiger partial charge in [0, 0.05) is 41.0 Å². The number of rotatable bonds is 6. The van der Waals surface area contributed by atoms with E-state index in [9.17, 15) is 9.18 Å². The lowest BCUT2D eigenvalue weighted by atomic mass is 10.1. The molecule has 1 aromatic carbocycles. The number of fused-ring (bicyclic) bond motifs is 3. The van der Waals surface area contributed by atoms with Gasteiger partial charge in [-0.05, 0) is 24.3 Å². The fourth-order valence-corrected chi connectivity index (χ4v) is 3.59. The van der Waals surface area contributed by atoms with Gasteiger partial charge in [-0.25, -0.2) is 9.37 Å². The molecule has 9 nitrogen and oxygen atoms in total. The Hall–Kier alpha value is -4.34. The standard InChI is InChI=1S/C22H19FN8O/c23-14-2-3-15(26-11-14)10-20(32)25-7-8-31-12-17-16-4-1-13(18-5-6-27-29-18)9-19(16)28-22(24)21(17)30-31/h1-6,9,11-12H,7-8,10H2,(H2,24,28)(H,25,32)(H,27,29). The van der Waals surface area contributed by atoms with Gasteiger partial charge in [0.25, 0.3) is 0 Å². The van der Waals surface area contributed by atoms with E-state index in [2.05, 4.69) is 30.6 Å². The van der Waals surface area contributed by atoms with Crippen LogP contribution in [0.1, 0.15) is 5.69 Å². The summed E-state index contributed by atoms with van der Waals surface area (Å²) in [7, 11) is 0. The average Bonchev–Trinajstić information content (AvgIpc) is 3.46. The fraction of sp³-hybridized carbons (Fsp3) is 0.136. The molecule has 0 aliphatic rings. The topological polar surface area (TPSA) is 127 Å². The predicted octanol–water partition coefficient (Wildman–Crippen LogP) is 2.45. The zero-order valence-corrected chi connectivity index (χ0v) is 16.9. The van der Waals surface area contributed by atoms with E-state index in [4.69, 9.17) is 5.73 Å². The number of halogens is 1. The van der Waals surface area contributed by atoms with Gasteiger partial charge < -0.3 is 11.1 Å². The molecule has 1 amide bonds. The minimum absolute atomic E-state index is 0.0849. The Labute approximate surface area is 181 Å². The predicted molar refractivity (Wildman–Crippen MR) is 118 cm³/mol. The minimum atomic E-state index is -0.432. The summed E-state index contributed by atoms with van der Waals surface area (Å²) in [5, 5.41) is 16.1. The maximum atomic E-state index is 12.9. The number of benzene rings is 1. The smallest absolute Gasteiger partial charge is 0.226 e. The molecule has 0 bridgehead atoms. The van der Waals surface area contributed by atoms with E-state index in [1.807, 2.05) is 30.5 Å². The van der Waals surface area contributed by atoms with E-state index in [1.54, 1.807) is 10.9 Å². The third-order valence-corrected chi connectivity index (χ3v) is 5.14. The lowest BCUT2D eigenvalue weighted by molar-refractivity contribution is -0.120. The number of pyridine rings is 2. The first kappa shape index (κ1) is 19.6. The quantitative estimate of drug-likeness (QED) is 0.380. The van der Waals surface area contributed by atoms with Crippen LogP contribution >= 0.6 is 0 Å². The Morgan fingerprint density at radius 3 is 2.88 bits per heavy atom. The van der Waals surface area contributed by atoms with Gasteiger partial charge in [-0.1, -0.05) is 12.1 Å². The highest BCUT2D eigenvalue weighted by atomic mass is 19.1. The summed E-state index contributed by atoms with van der Waals surface area (Å²) in [6, 6.07) is 10.6. The molecule has 0 aliphatic carbocycles. The Morgan fingerprint density at radius 2 is 2.09 bits per heavy atom. The first-order valence-corrected chi connectivity index (χ1v) is 10.00. The largest absolute Gasteiger partial charge is 0.382 e. The molecule has 0 atom stereocenters. The van der Waals surface area contributed by atoms with E-state index in [-0.39, 0.29) is 12.3 Å². The lowest BCUT2D eigenvalue weighted by Gasteiger charge is -2.05. The zero-order chi connectivity index (χ0) is 22.1. The molecule has 0 saturated carbocycles. The molecule has 5 aromatic rings. The Bertz CT molecular complexity index is 1410. The molecule has 0 aliphatic heterocycles. The number of aromatic nitrogens is 6. The highest BCUT2D eigenvalue weighted by Gasteiger charge is 2.12. The van der Waals surface area contributed by atoms with E-state index >= 15 is 0 Å². The van der Waals surface area contributed by atoms with Gasteiger partial charge in [-0.3, -0.25) is 19.6 Å². The van der Waals surface area contributed by atoms with Gasteiger partial charge >= 0.3 is 0 Å². The lowest BCUT2D eigenvalue weighted by Crippen LogP contribution is -2.29. The molecule has 0 fully saturated rings. The summed E-state index contributed by atoms with van der Waals surface area (Å²) >= 11 is 0. The van der Waals surface area contributed by atoms with Crippen molar-refractivity contribution in [3.63, 3.8) is 0 Å². The number of aromatic amines is 1. The molecule has 4 N–H and O–H groups in total. The fourth-order valence-electron chi connectivity index (χ4n) is 3.59. The van der Waals surface area contributed by atoms with E-state index in [0.29, 0.717) is 30.1 Å². The van der Waals surface area contributed by atoms with Crippen molar-refractivity contribution in [3.8, 4) is 11.3 Å². The van der Waals surface area contributed by atoms with Crippen LogP contribution < -0.4 is 11.1 Å². The molecular formula is C22H19FN8O. The van der Waals surface area contributed by atoms with Crippen molar-refractivity contribution in [1.29, 1.82) is 0 Å². The second-order valence-corrected chi connectivity index (χ2v) is 7.35. The summed E-state index contributed by atoms with van der Waals surface area (Å²) in [5.74, 6) is -0.281. The SMILES string of the molecule is Nc1nc2cc(-c3ccn[nH]3)ccc2c2cn(CCNC(=O)Cc3ccc(F)cn3)nc12. The third kappa shape index (κ3) is 3.85. The van der Waals surface area contributed by atoms with Crippen LogP contribution in [0, 0.1) is 5.82 Å². The maximum Gasteiger partial charge on any atom is 0.226 e. The number of H-pyrrole nitrogens is 1. The summed E-state index contributed by atoms with van der Waals surface area (Å²) in [4.78, 5) is 20.5. The van der Waals surface area contributed by atoms with Gasteiger partial charge in [0.1, 0.15) is 11.3 Å². The number of hydrogen-bond donors (Lipinski definition) is 3. The second-order valence-electron chi connectivity index (χ2n) is 7.35. The number of nitrogens with two attached hydrogens (primary N) is 1. The van der Waals surface area contributed by atoms with Gasteiger partial charge in [0.15, 0.2) is 5.82 Å². The van der Waals surface area contributed by atoms with Gasteiger partial charge in [-0.2, -0.15) is 10.2 Å². The van der Waals surface area contributed by atoms with Crippen LogP contribution in [0.25, 0.3) is 33.1 Å². The van der Waals surface area contributed by atoms with Crippen molar-refractivity contribution in [1.82, 2.24) is 35.3 Å². The highest BCUT2D eigenvalue weighted by molar-refractivity contribution is 6.08. The normalized spacial score (nSPS) is 11.3. The van der Waals surface area contributed by atoms with Crippen LogP contribution in [-0.4, -0.2) is 42.4 Å². The highest BCUT2D eigenvalue weighted by Crippen LogP contribution is 2.29. The van der Waals surface area contributed by atoms with Crippen LogP contribution in [0.5, 0.6) is 0 Å². The summed E-state index contributed by atoms with van der Waals surface area (Å²) in [6.45, 7) is 0.841. The van der Waals surface area contributed by atoms with Crippen molar-refractivity contribution in [2.24, 2.45) is 0 Å². The van der Waals surface area contributed by atoms with E-state index in [1.165, 1.54) is 12.1 Å². The monoisotopic (exact) mass is 430 g/mol. The maximum absolute atomic E-state index is 12.9. The number of nitrogens with one attached hydrogen (secondary N) is 2. The number of nitrogens with zero attached hydrogens (tertiary/aromatic N) is 5. The van der Waals surface area contributed by atoms with Crippen molar-refractivity contribution in [2.45, 2.75) is 13.0 Å². The van der Waals surface area contributed by atoms with Crippen molar-refractivity contribution >= 4 is 33.5 Å². The molecule has 10 heteroatoms. The Balaban J connectivity index is 1.31. The van der Waals surface area contributed by atoms with Crippen molar-refractivity contribution < 1.29 is 9.18 Å². The zero-order valence-electron chi connectivity index (χ0n) is 16.9. The Kier molecular flexibility index (Phi) is 4.94. The summed E-state index contributed by atoms with van der Waals surface area (Å²) in [6.07, 6.45) is 4.78. The van der Waals surface area contributed by atoms with Crippen LogP contribution in [0.3, 0.4) is 0 Å². The molecule has 0 spiro atoms. The molecule has 4 heterocycles. The number of carbonyl (C=O) groups excluding carboxylic acids is 1. The van der Waals surface area contributed by atoms with Gasteiger partial charge in [0.05, 0.1) is 30.4 Å². The van der Waals surface area contributed by atoms with Gasteiger partial charge in [-0.15, -0.1) is 0 Å². The summed E-state index contributed by atoms with van der Waals surface area (Å²) < 4.78 is 14.7. The molecule has 0 saturated heterocycles. The van der Waals surface area contributed by atoms with E-state index < -0.39 is 5.82 Å². The van der Waals surface area contributed by atoms with Crippen molar-refractivity contribution in [2.75, 3.05) is 12.3 Å². The van der Waals surface area contributed by atoms with Crippen LogP contribution in [0.2, 0.25) is 0 Å². The minimum Gasteiger partial charge on any atom is -0.382 e. The number of anilines is 1. The van der Waals surface area contributed by atoms with Crippen LogP contribution in [0.15, 0.2) is 55.0 Å². The number of amides is 1. The van der Waals surface area contributed by atoms with Crippen LogP contribution in [0.4, 0.5) is 10.2 Å². The summed E-state index contributed by atoms with van der Waals surface area (Å²) in [5.41, 5.74) is 9.92. The second kappa shape index (κ2) is 8.06. The van der Waals surface area contributed by atoms with Crippen molar-refractivity contribution in [3.05, 3.63) is 66.5 Å². The van der Waals surface area contributed by atoms with Gasteiger partial charge in [0.2, 0.25) is 5.91 Å². The number of carbonyl (C=O) groups is 1. The average molecular weight is 430 g/mol. The van der Waals surface area contributed by atoms with E-state index in [0.717, 1.165) is 33.7 Å². The first-order valence-electron chi connectivity index (χ1n) is 10.00. The number of hydrogen-bond acceptors (Lipinski definition) is 6. The molecular weight excluding hydrogens is 411 g/mol. The van der Waals surface area contributed by atoms with Crippen LogP contribution in [-0.2, 0) is 17.8 Å². The molecule has 0 unspecified atom stereocenters. The molecule has 32 heavy (non-hydrogen) atoms.